The monoisotopic (exact) mass is 209 g/mol. The zero-order chi connectivity index (χ0) is 10.7. The minimum Gasteiger partial charge on any atom is -0.456 e. The summed E-state index contributed by atoms with van der Waals surface area (Å²) in [6.45, 7) is 1.80. The van der Waals surface area contributed by atoms with Gasteiger partial charge in [0.25, 0.3) is 0 Å². The van der Waals surface area contributed by atoms with Crippen molar-refractivity contribution in [2.45, 2.75) is 38.7 Å². The number of hydrogen-bond acceptors (Lipinski definition) is 3. The number of carbonyl (C=O) groups is 1. The molecule has 1 N–H and O–H groups in total. The number of rotatable bonds is 3. The van der Waals surface area contributed by atoms with Gasteiger partial charge in [0.05, 0.1) is 6.10 Å². The van der Waals surface area contributed by atoms with E-state index in [0.717, 1.165) is 18.6 Å². The van der Waals surface area contributed by atoms with Crippen molar-refractivity contribution in [3.63, 3.8) is 0 Å². The zero-order valence-corrected chi connectivity index (χ0v) is 8.79. The average Bonchev–Trinajstić information content (AvgIpc) is 2.84. The number of aryl methyl sites for hydroxylation is 1. The lowest BCUT2D eigenvalue weighted by Gasteiger charge is -2.09. The van der Waals surface area contributed by atoms with Crippen molar-refractivity contribution in [3.05, 3.63) is 23.7 Å². The smallest absolute Gasteiger partial charge is 0.310 e. The van der Waals surface area contributed by atoms with Gasteiger partial charge in [-0.25, -0.2) is 5.48 Å². The summed E-state index contributed by atoms with van der Waals surface area (Å²) in [5, 5.41) is 0. The molecular weight excluding hydrogens is 194 g/mol. The molecule has 1 aliphatic carbocycles. The van der Waals surface area contributed by atoms with Crippen molar-refractivity contribution >= 4 is 5.91 Å². The Bertz CT molecular complexity index is 339. The highest BCUT2D eigenvalue weighted by Crippen LogP contribution is 2.20. The largest absolute Gasteiger partial charge is 0.456 e. The standard InChI is InChI=1S/C11H15NO3/c1-8-6-7-10(14-8)11(13)12-15-9-4-2-3-5-9/h6-7,9H,2-5H2,1H3,(H,12,13). The lowest BCUT2D eigenvalue weighted by Crippen LogP contribution is -2.27. The Kier molecular flexibility index (Phi) is 3.06. The fourth-order valence-electron chi connectivity index (χ4n) is 1.75. The van der Waals surface area contributed by atoms with E-state index in [-0.39, 0.29) is 12.0 Å². The molecule has 1 aromatic heterocycles. The first-order chi connectivity index (χ1) is 7.25. The van der Waals surface area contributed by atoms with E-state index in [2.05, 4.69) is 5.48 Å². The van der Waals surface area contributed by atoms with E-state index in [4.69, 9.17) is 9.25 Å². The van der Waals surface area contributed by atoms with E-state index in [9.17, 15) is 4.79 Å². The van der Waals surface area contributed by atoms with E-state index >= 15 is 0 Å². The van der Waals surface area contributed by atoms with Crippen molar-refractivity contribution in [2.24, 2.45) is 0 Å². The van der Waals surface area contributed by atoms with Crippen LogP contribution in [-0.2, 0) is 4.84 Å². The molecule has 4 heteroatoms. The average molecular weight is 209 g/mol. The van der Waals surface area contributed by atoms with Crippen molar-refractivity contribution in [1.29, 1.82) is 0 Å². The molecule has 0 radical (unpaired) electrons. The van der Waals surface area contributed by atoms with Gasteiger partial charge in [-0.2, -0.15) is 0 Å². The molecule has 0 saturated heterocycles. The zero-order valence-electron chi connectivity index (χ0n) is 8.79. The first-order valence-corrected chi connectivity index (χ1v) is 5.28. The molecule has 0 atom stereocenters. The van der Waals surface area contributed by atoms with Gasteiger partial charge >= 0.3 is 5.91 Å². The van der Waals surface area contributed by atoms with Gasteiger partial charge in [-0.15, -0.1) is 0 Å². The van der Waals surface area contributed by atoms with Gasteiger partial charge in [-0.3, -0.25) is 9.63 Å². The highest BCUT2D eigenvalue weighted by atomic mass is 16.7. The molecule has 15 heavy (non-hydrogen) atoms. The summed E-state index contributed by atoms with van der Waals surface area (Å²) >= 11 is 0. The second-order valence-corrected chi connectivity index (χ2v) is 3.87. The second-order valence-electron chi connectivity index (χ2n) is 3.87. The van der Waals surface area contributed by atoms with Crippen LogP contribution in [0.4, 0.5) is 0 Å². The molecule has 2 rings (SSSR count). The summed E-state index contributed by atoms with van der Waals surface area (Å²) in [6.07, 6.45) is 4.58. The first-order valence-electron chi connectivity index (χ1n) is 5.28. The van der Waals surface area contributed by atoms with Crippen LogP contribution < -0.4 is 5.48 Å². The minimum absolute atomic E-state index is 0.171. The van der Waals surface area contributed by atoms with Crippen LogP contribution in [0.3, 0.4) is 0 Å². The van der Waals surface area contributed by atoms with Crippen LogP contribution in [0.2, 0.25) is 0 Å². The van der Waals surface area contributed by atoms with Crippen molar-refractivity contribution < 1.29 is 14.0 Å². The highest BCUT2D eigenvalue weighted by molar-refractivity contribution is 5.90. The van der Waals surface area contributed by atoms with Crippen LogP contribution >= 0.6 is 0 Å². The minimum atomic E-state index is -0.310. The Morgan fingerprint density at radius 3 is 2.80 bits per heavy atom. The predicted molar refractivity (Wildman–Crippen MR) is 54.3 cm³/mol. The number of hydrogen-bond donors (Lipinski definition) is 1. The molecule has 1 fully saturated rings. The molecule has 1 aromatic rings. The molecule has 4 nitrogen and oxygen atoms in total. The number of carbonyl (C=O) groups excluding carboxylic acids is 1. The number of nitrogens with one attached hydrogen (secondary N) is 1. The molecule has 1 amide bonds. The van der Waals surface area contributed by atoms with Gasteiger partial charge in [0.15, 0.2) is 5.76 Å². The fraction of sp³-hybridized carbons (Fsp3) is 0.545. The van der Waals surface area contributed by atoms with Gasteiger partial charge in [0.1, 0.15) is 5.76 Å². The normalized spacial score (nSPS) is 16.9. The SMILES string of the molecule is Cc1ccc(C(=O)NOC2CCCC2)o1. The Hall–Kier alpha value is -1.29. The van der Waals surface area contributed by atoms with Gasteiger partial charge < -0.3 is 4.42 Å². The third-order valence-electron chi connectivity index (χ3n) is 2.58. The van der Waals surface area contributed by atoms with Crippen LogP contribution in [0.1, 0.15) is 42.0 Å². The molecule has 82 valence electrons. The third kappa shape index (κ3) is 2.59. The van der Waals surface area contributed by atoms with E-state index in [1.807, 2.05) is 0 Å². The van der Waals surface area contributed by atoms with E-state index < -0.39 is 0 Å². The lowest BCUT2D eigenvalue weighted by molar-refractivity contribution is -0.0139. The van der Waals surface area contributed by atoms with Crippen molar-refractivity contribution in [1.82, 2.24) is 5.48 Å². The van der Waals surface area contributed by atoms with Gasteiger partial charge in [0, 0.05) is 0 Å². The predicted octanol–water partition coefficient (Wildman–Crippen LogP) is 2.19. The summed E-state index contributed by atoms with van der Waals surface area (Å²) in [5.74, 6) is 0.710. The second kappa shape index (κ2) is 4.49. The maximum atomic E-state index is 11.5. The number of hydroxylamine groups is 1. The molecule has 0 bridgehead atoms. The van der Waals surface area contributed by atoms with Crippen LogP contribution in [0, 0.1) is 6.92 Å². The van der Waals surface area contributed by atoms with E-state index in [1.54, 1.807) is 19.1 Å². The Morgan fingerprint density at radius 2 is 2.20 bits per heavy atom. The number of amides is 1. The molecule has 1 aliphatic rings. The fourth-order valence-corrected chi connectivity index (χ4v) is 1.75. The maximum absolute atomic E-state index is 11.5. The molecule has 0 aromatic carbocycles. The molecule has 0 unspecified atom stereocenters. The Labute approximate surface area is 88.6 Å². The van der Waals surface area contributed by atoms with Crippen LogP contribution in [0.25, 0.3) is 0 Å². The third-order valence-corrected chi connectivity index (χ3v) is 2.58. The quantitative estimate of drug-likeness (QED) is 0.776. The van der Waals surface area contributed by atoms with Gasteiger partial charge in [0.2, 0.25) is 0 Å². The van der Waals surface area contributed by atoms with Crippen LogP contribution in [0.15, 0.2) is 16.5 Å². The van der Waals surface area contributed by atoms with Crippen LogP contribution in [0.5, 0.6) is 0 Å². The summed E-state index contributed by atoms with van der Waals surface area (Å²) in [4.78, 5) is 16.8. The Morgan fingerprint density at radius 1 is 1.47 bits per heavy atom. The first kappa shape index (κ1) is 10.2. The highest BCUT2D eigenvalue weighted by Gasteiger charge is 2.18. The molecular formula is C11H15NO3. The molecule has 1 heterocycles. The summed E-state index contributed by atoms with van der Waals surface area (Å²) in [6, 6.07) is 3.40. The summed E-state index contributed by atoms with van der Waals surface area (Å²) in [7, 11) is 0. The van der Waals surface area contributed by atoms with E-state index in [0.29, 0.717) is 5.76 Å². The lowest BCUT2D eigenvalue weighted by atomic mass is 10.3. The van der Waals surface area contributed by atoms with Crippen LogP contribution in [-0.4, -0.2) is 12.0 Å². The molecule has 1 saturated carbocycles. The summed E-state index contributed by atoms with van der Waals surface area (Å²) in [5.41, 5.74) is 2.42. The summed E-state index contributed by atoms with van der Waals surface area (Å²) < 4.78 is 5.17. The van der Waals surface area contributed by atoms with E-state index in [1.165, 1.54) is 12.8 Å². The topological polar surface area (TPSA) is 51.5 Å². The van der Waals surface area contributed by atoms with Crippen molar-refractivity contribution in [3.8, 4) is 0 Å². The van der Waals surface area contributed by atoms with Crippen molar-refractivity contribution in [2.75, 3.05) is 0 Å². The van der Waals surface area contributed by atoms with Gasteiger partial charge in [-0.05, 0) is 31.9 Å². The number of furan rings is 1. The van der Waals surface area contributed by atoms with Gasteiger partial charge in [-0.1, -0.05) is 12.8 Å². The molecule has 0 aliphatic heterocycles. The Balaban J connectivity index is 1.81. The maximum Gasteiger partial charge on any atom is 0.310 e. The molecule has 0 spiro atoms.